The van der Waals surface area contributed by atoms with E-state index < -0.39 is 16.6 Å². The minimum atomic E-state index is -0.958. The van der Waals surface area contributed by atoms with Crippen molar-refractivity contribution in [2.75, 3.05) is 5.32 Å². The molecule has 20 heavy (non-hydrogen) atoms. The maximum Gasteiger partial charge on any atom is 0.333 e. The number of anilines is 1. The molecule has 0 atom stereocenters. The lowest BCUT2D eigenvalue weighted by molar-refractivity contribution is -0.384. The molecule has 0 amide bonds. The third-order valence-corrected chi connectivity index (χ3v) is 2.82. The molecule has 0 unspecified atom stereocenters. The third kappa shape index (κ3) is 2.58. The molecule has 0 saturated heterocycles. The van der Waals surface area contributed by atoms with Gasteiger partial charge in [0.2, 0.25) is 5.82 Å². The van der Waals surface area contributed by atoms with Gasteiger partial charge < -0.3 is 5.32 Å². The summed E-state index contributed by atoms with van der Waals surface area (Å²) in [5.74, 6) is -1.67. The Hall–Kier alpha value is -2.51. The number of nitrogens with one attached hydrogen (secondary N) is 1. The van der Waals surface area contributed by atoms with Crippen molar-refractivity contribution < 1.29 is 13.7 Å². The molecular formula is C12H12F2N4O2. The largest absolute Gasteiger partial charge is 0.360 e. The first-order valence-electron chi connectivity index (χ1n) is 5.76. The highest BCUT2D eigenvalue weighted by atomic mass is 19.2. The number of aromatic nitrogens is 2. The molecule has 0 spiro atoms. The molecule has 1 aromatic heterocycles. The van der Waals surface area contributed by atoms with Crippen LogP contribution in [0.15, 0.2) is 18.2 Å². The van der Waals surface area contributed by atoms with Gasteiger partial charge in [0.1, 0.15) is 5.69 Å². The van der Waals surface area contributed by atoms with E-state index in [1.807, 2.05) is 0 Å². The number of benzene rings is 1. The molecule has 1 heterocycles. The summed E-state index contributed by atoms with van der Waals surface area (Å²) >= 11 is 0. The Morgan fingerprint density at radius 3 is 2.70 bits per heavy atom. The lowest BCUT2D eigenvalue weighted by atomic mass is 10.2. The van der Waals surface area contributed by atoms with E-state index in [9.17, 15) is 18.9 Å². The molecule has 0 saturated carbocycles. The highest BCUT2D eigenvalue weighted by Gasteiger charge is 2.23. The van der Waals surface area contributed by atoms with Crippen LogP contribution < -0.4 is 5.32 Å². The van der Waals surface area contributed by atoms with Gasteiger partial charge in [-0.2, -0.15) is 5.10 Å². The van der Waals surface area contributed by atoms with Crippen molar-refractivity contribution in [1.82, 2.24) is 9.78 Å². The Labute approximate surface area is 113 Å². The lowest BCUT2D eigenvalue weighted by Crippen LogP contribution is -2.07. The van der Waals surface area contributed by atoms with Crippen LogP contribution in [0.5, 0.6) is 0 Å². The average Bonchev–Trinajstić information content (AvgIpc) is 2.65. The van der Waals surface area contributed by atoms with E-state index in [2.05, 4.69) is 10.4 Å². The second-order valence-corrected chi connectivity index (χ2v) is 4.27. The Bertz CT molecular complexity index is 670. The fraction of sp³-hybridized carbons (Fsp3) is 0.250. The van der Waals surface area contributed by atoms with Crippen molar-refractivity contribution in [2.24, 2.45) is 7.05 Å². The third-order valence-electron chi connectivity index (χ3n) is 2.82. The summed E-state index contributed by atoms with van der Waals surface area (Å²) in [6, 6.07) is 3.45. The molecule has 0 aliphatic rings. The summed E-state index contributed by atoms with van der Waals surface area (Å²) in [6.45, 7) is 1.65. The predicted molar refractivity (Wildman–Crippen MR) is 68.3 cm³/mol. The molecule has 1 N–H and O–H groups in total. The minimum Gasteiger partial charge on any atom is -0.360 e. The number of nitrogens with zero attached hydrogens (tertiary/aromatic N) is 3. The second kappa shape index (κ2) is 5.24. The monoisotopic (exact) mass is 282 g/mol. The Balaban J connectivity index is 2.22. The van der Waals surface area contributed by atoms with Gasteiger partial charge in [0.25, 0.3) is 0 Å². The van der Waals surface area contributed by atoms with Crippen molar-refractivity contribution in [3.8, 4) is 0 Å². The highest BCUT2D eigenvalue weighted by Crippen LogP contribution is 2.27. The average molecular weight is 282 g/mol. The van der Waals surface area contributed by atoms with Gasteiger partial charge in [0.15, 0.2) is 11.6 Å². The molecule has 0 radical (unpaired) electrons. The first kappa shape index (κ1) is 13.9. The van der Waals surface area contributed by atoms with Gasteiger partial charge in [-0.3, -0.25) is 10.1 Å². The van der Waals surface area contributed by atoms with E-state index in [1.165, 1.54) is 17.7 Å². The SMILES string of the molecule is Cc1nn(C)c(NCc2ccc(F)c(F)c2)c1[N+](=O)[O-]. The van der Waals surface area contributed by atoms with Crippen molar-refractivity contribution in [1.29, 1.82) is 0 Å². The summed E-state index contributed by atoms with van der Waals surface area (Å²) < 4.78 is 27.2. The summed E-state index contributed by atoms with van der Waals surface area (Å²) in [6.07, 6.45) is 0. The van der Waals surface area contributed by atoms with E-state index in [-0.39, 0.29) is 23.7 Å². The molecule has 2 aromatic rings. The smallest absolute Gasteiger partial charge is 0.333 e. The van der Waals surface area contributed by atoms with Gasteiger partial charge in [0, 0.05) is 13.6 Å². The normalized spacial score (nSPS) is 10.6. The Morgan fingerprint density at radius 1 is 1.40 bits per heavy atom. The number of nitro groups is 1. The van der Waals surface area contributed by atoms with Crippen molar-refractivity contribution in [3.05, 3.63) is 51.2 Å². The van der Waals surface area contributed by atoms with Gasteiger partial charge in [-0.05, 0) is 24.6 Å². The molecule has 0 aliphatic heterocycles. The van der Waals surface area contributed by atoms with Crippen LogP contribution in [-0.4, -0.2) is 14.7 Å². The van der Waals surface area contributed by atoms with Crippen LogP contribution in [0.1, 0.15) is 11.3 Å². The number of halogens is 2. The van der Waals surface area contributed by atoms with Crippen molar-refractivity contribution in [2.45, 2.75) is 13.5 Å². The molecule has 106 valence electrons. The van der Waals surface area contributed by atoms with E-state index in [1.54, 1.807) is 7.05 Å². The van der Waals surface area contributed by atoms with Crippen LogP contribution in [0.4, 0.5) is 20.3 Å². The summed E-state index contributed by atoms with van der Waals surface area (Å²) in [5.41, 5.74) is 0.623. The summed E-state index contributed by atoms with van der Waals surface area (Å²) in [5, 5.41) is 17.7. The van der Waals surface area contributed by atoms with Gasteiger partial charge >= 0.3 is 5.69 Å². The van der Waals surface area contributed by atoms with E-state index in [4.69, 9.17) is 0 Å². The van der Waals surface area contributed by atoms with Crippen LogP contribution in [-0.2, 0) is 13.6 Å². The maximum absolute atomic E-state index is 13.1. The first-order chi connectivity index (χ1) is 9.40. The second-order valence-electron chi connectivity index (χ2n) is 4.27. The topological polar surface area (TPSA) is 73.0 Å². The van der Waals surface area contributed by atoms with Crippen LogP contribution in [0.3, 0.4) is 0 Å². The van der Waals surface area contributed by atoms with Gasteiger partial charge in [-0.15, -0.1) is 0 Å². The molecule has 0 aliphatic carbocycles. The van der Waals surface area contributed by atoms with Crippen LogP contribution in [0, 0.1) is 28.7 Å². The molecule has 1 aromatic carbocycles. The van der Waals surface area contributed by atoms with Crippen LogP contribution in [0.25, 0.3) is 0 Å². The molecule has 8 heteroatoms. The molecule has 0 fully saturated rings. The minimum absolute atomic E-state index is 0.122. The quantitative estimate of drug-likeness (QED) is 0.690. The zero-order chi connectivity index (χ0) is 14.9. The molecule has 2 rings (SSSR count). The standard InChI is InChI=1S/C12H12F2N4O2/c1-7-11(18(19)20)12(17(2)16-7)15-6-8-3-4-9(13)10(14)5-8/h3-5,15H,6H2,1-2H3. The zero-order valence-electron chi connectivity index (χ0n) is 10.9. The molecule has 6 nitrogen and oxygen atoms in total. The maximum atomic E-state index is 13.1. The van der Waals surface area contributed by atoms with E-state index in [0.717, 1.165) is 12.1 Å². The predicted octanol–water partition coefficient (Wildman–Crippen LogP) is 2.53. The van der Waals surface area contributed by atoms with Crippen molar-refractivity contribution in [3.63, 3.8) is 0 Å². The highest BCUT2D eigenvalue weighted by molar-refractivity contribution is 5.59. The fourth-order valence-electron chi connectivity index (χ4n) is 1.90. The van der Waals surface area contributed by atoms with Crippen LogP contribution >= 0.6 is 0 Å². The molecular weight excluding hydrogens is 270 g/mol. The van der Waals surface area contributed by atoms with Crippen molar-refractivity contribution >= 4 is 11.5 Å². The Kier molecular flexibility index (Phi) is 3.64. The van der Waals surface area contributed by atoms with E-state index in [0.29, 0.717) is 5.56 Å². The van der Waals surface area contributed by atoms with E-state index >= 15 is 0 Å². The fourth-order valence-corrected chi connectivity index (χ4v) is 1.90. The number of aryl methyl sites for hydroxylation is 2. The zero-order valence-corrected chi connectivity index (χ0v) is 10.9. The van der Waals surface area contributed by atoms with Gasteiger partial charge in [0.05, 0.1) is 4.92 Å². The summed E-state index contributed by atoms with van der Waals surface area (Å²) in [7, 11) is 1.56. The molecule has 0 bridgehead atoms. The van der Waals surface area contributed by atoms with Gasteiger partial charge in [-0.1, -0.05) is 6.07 Å². The first-order valence-corrected chi connectivity index (χ1v) is 5.76. The summed E-state index contributed by atoms with van der Waals surface area (Å²) in [4.78, 5) is 10.4. The number of hydrogen-bond donors (Lipinski definition) is 1. The van der Waals surface area contributed by atoms with Crippen LogP contribution in [0.2, 0.25) is 0 Å². The number of rotatable bonds is 4. The number of hydrogen-bond acceptors (Lipinski definition) is 4. The Morgan fingerprint density at radius 2 is 2.10 bits per heavy atom. The lowest BCUT2D eigenvalue weighted by Gasteiger charge is -2.06. The van der Waals surface area contributed by atoms with Gasteiger partial charge in [-0.25, -0.2) is 13.5 Å².